The van der Waals surface area contributed by atoms with E-state index in [9.17, 15) is 13.9 Å². The Morgan fingerprint density at radius 2 is 1.93 bits per heavy atom. The summed E-state index contributed by atoms with van der Waals surface area (Å²) in [6, 6.07) is 12.9. The van der Waals surface area contributed by atoms with Crippen LogP contribution in [0.4, 0.5) is 14.6 Å². The Labute approximate surface area is 166 Å². The molecule has 2 unspecified atom stereocenters. The molecule has 2 atom stereocenters. The average Bonchev–Trinajstić information content (AvgIpc) is 3.11. The van der Waals surface area contributed by atoms with Gasteiger partial charge in [-0.25, -0.2) is 13.8 Å². The number of aromatic nitrogens is 2. The van der Waals surface area contributed by atoms with Crippen LogP contribution in [-0.4, -0.2) is 27.7 Å². The Morgan fingerprint density at radius 3 is 2.75 bits per heavy atom. The van der Waals surface area contributed by atoms with Gasteiger partial charge < -0.3 is 10.0 Å². The lowest BCUT2D eigenvalue weighted by molar-refractivity contribution is 0.194. The zero-order chi connectivity index (χ0) is 19.5. The topological polar surface area (TPSA) is 49.2 Å². The van der Waals surface area contributed by atoms with Crippen molar-refractivity contribution in [2.75, 3.05) is 11.4 Å². The molecule has 1 aliphatic heterocycles. The summed E-state index contributed by atoms with van der Waals surface area (Å²) in [5, 5.41) is 10.9. The van der Waals surface area contributed by atoms with Gasteiger partial charge in [0, 0.05) is 17.9 Å². The first-order valence-corrected chi connectivity index (χ1v) is 9.97. The van der Waals surface area contributed by atoms with Crippen LogP contribution in [0.25, 0.3) is 0 Å². The minimum atomic E-state index is -0.643. The second-order valence-corrected chi connectivity index (χ2v) is 7.71. The summed E-state index contributed by atoms with van der Waals surface area (Å²) in [6.07, 6.45) is 2.94. The smallest absolute Gasteiger partial charge is 0.149 e. The fourth-order valence-electron chi connectivity index (χ4n) is 3.41. The highest BCUT2D eigenvalue weighted by molar-refractivity contribution is 7.98. The number of β-amino-alcohol motifs (C(OH)–C–C–N with tert-alkyl or cyclic N) is 1. The number of rotatable bonds is 5. The molecular formula is C21H19F2N3OS. The van der Waals surface area contributed by atoms with Gasteiger partial charge in [0.15, 0.2) is 0 Å². The molecule has 1 aromatic heterocycles. The van der Waals surface area contributed by atoms with Crippen molar-refractivity contribution < 1.29 is 13.9 Å². The van der Waals surface area contributed by atoms with Crippen molar-refractivity contribution in [2.45, 2.75) is 29.3 Å². The first-order valence-electron chi connectivity index (χ1n) is 8.98. The van der Waals surface area contributed by atoms with E-state index in [-0.39, 0.29) is 5.56 Å². The minimum absolute atomic E-state index is 0.223. The molecule has 0 spiro atoms. The summed E-state index contributed by atoms with van der Waals surface area (Å²) >= 11 is 1.55. The molecule has 0 amide bonds. The Bertz CT molecular complexity index is 957. The summed E-state index contributed by atoms with van der Waals surface area (Å²) in [7, 11) is 0. The lowest BCUT2D eigenvalue weighted by atomic mass is 10.0. The van der Waals surface area contributed by atoms with Crippen LogP contribution in [0.5, 0.6) is 0 Å². The normalized spacial score (nSPS) is 19.2. The molecular weight excluding hydrogens is 380 g/mol. The SMILES string of the molecule is OC1CC(c2cc(F)ccc2F)N(c2cncc(SCc3ccccc3)n2)C1. The van der Waals surface area contributed by atoms with Crippen LogP contribution in [0.3, 0.4) is 0 Å². The number of hydrogen-bond acceptors (Lipinski definition) is 5. The lowest BCUT2D eigenvalue weighted by Gasteiger charge is -2.26. The van der Waals surface area contributed by atoms with Crippen molar-refractivity contribution in [1.82, 2.24) is 9.97 Å². The molecule has 0 aliphatic carbocycles. The summed E-state index contributed by atoms with van der Waals surface area (Å²) in [5.74, 6) is 0.302. The second kappa shape index (κ2) is 8.24. The molecule has 1 aliphatic rings. The van der Waals surface area contributed by atoms with Crippen LogP contribution < -0.4 is 4.90 Å². The Morgan fingerprint density at radius 1 is 1.11 bits per heavy atom. The third-order valence-corrected chi connectivity index (χ3v) is 5.69. The van der Waals surface area contributed by atoms with E-state index in [4.69, 9.17) is 0 Å². The van der Waals surface area contributed by atoms with E-state index >= 15 is 0 Å². The number of anilines is 1. The first kappa shape index (κ1) is 18.8. The molecule has 0 radical (unpaired) electrons. The van der Waals surface area contributed by atoms with Gasteiger partial charge in [-0.3, -0.25) is 4.98 Å². The highest BCUT2D eigenvalue weighted by Crippen LogP contribution is 2.37. The number of hydrogen-bond donors (Lipinski definition) is 1. The number of thioether (sulfide) groups is 1. The molecule has 1 saturated heterocycles. The molecule has 4 nitrogen and oxygen atoms in total. The van der Waals surface area contributed by atoms with Gasteiger partial charge in [-0.15, -0.1) is 11.8 Å². The molecule has 2 aromatic carbocycles. The number of halogens is 2. The molecule has 7 heteroatoms. The van der Waals surface area contributed by atoms with Crippen LogP contribution in [0.1, 0.15) is 23.6 Å². The maximum atomic E-state index is 14.3. The molecule has 28 heavy (non-hydrogen) atoms. The fourth-order valence-corrected chi connectivity index (χ4v) is 4.21. The number of aliphatic hydroxyl groups excluding tert-OH is 1. The van der Waals surface area contributed by atoms with Crippen LogP contribution >= 0.6 is 11.8 Å². The van der Waals surface area contributed by atoms with E-state index in [0.29, 0.717) is 18.8 Å². The molecule has 2 heterocycles. The largest absolute Gasteiger partial charge is 0.391 e. The number of nitrogens with zero attached hydrogens (tertiary/aromatic N) is 3. The highest BCUT2D eigenvalue weighted by atomic mass is 32.2. The number of aliphatic hydroxyl groups is 1. The molecule has 1 fully saturated rings. The Hall–Kier alpha value is -2.51. The fraction of sp³-hybridized carbons (Fsp3) is 0.238. The predicted octanol–water partition coefficient (Wildman–Crippen LogP) is 4.36. The Kier molecular flexibility index (Phi) is 5.54. The lowest BCUT2D eigenvalue weighted by Crippen LogP contribution is -2.26. The van der Waals surface area contributed by atoms with Crippen molar-refractivity contribution in [2.24, 2.45) is 0 Å². The third-order valence-electron chi connectivity index (χ3n) is 4.72. The van der Waals surface area contributed by atoms with Gasteiger partial charge in [0.25, 0.3) is 0 Å². The summed E-state index contributed by atoms with van der Waals surface area (Å²) in [6.45, 7) is 0.294. The van der Waals surface area contributed by atoms with Gasteiger partial charge in [-0.2, -0.15) is 0 Å². The molecule has 1 N–H and O–H groups in total. The monoisotopic (exact) mass is 399 g/mol. The molecule has 144 valence electrons. The second-order valence-electron chi connectivity index (χ2n) is 6.71. The van der Waals surface area contributed by atoms with E-state index in [1.165, 1.54) is 11.6 Å². The summed E-state index contributed by atoms with van der Waals surface area (Å²) in [5.41, 5.74) is 1.40. The standard InChI is InChI=1S/C21H19F2N3OS/c22-15-6-7-18(23)17(8-15)19-9-16(27)12-26(19)20-10-24-11-21(25-20)28-13-14-4-2-1-3-5-14/h1-8,10-11,16,19,27H,9,12-13H2. The van der Waals surface area contributed by atoms with Crippen LogP contribution in [0.15, 0.2) is 66.0 Å². The quantitative estimate of drug-likeness (QED) is 0.646. The van der Waals surface area contributed by atoms with Crippen molar-refractivity contribution >= 4 is 17.6 Å². The zero-order valence-electron chi connectivity index (χ0n) is 15.0. The van der Waals surface area contributed by atoms with Crippen LogP contribution in [-0.2, 0) is 5.75 Å². The van der Waals surface area contributed by atoms with Gasteiger partial charge in [-0.05, 0) is 30.2 Å². The third kappa shape index (κ3) is 4.15. The van der Waals surface area contributed by atoms with Crippen LogP contribution in [0.2, 0.25) is 0 Å². The molecule has 3 aromatic rings. The van der Waals surface area contributed by atoms with E-state index in [0.717, 1.165) is 22.9 Å². The van der Waals surface area contributed by atoms with Crippen molar-refractivity contribution in [1.29, 1.82) is 0 Å². The van der Waals surface area contributed by atoms with E-state index in [1.807, 2.05) is 30.3 Å². The van der Waals surface area contributed by atoms with E-state index in [1.54, 1.807) is 29.1 Å². The summed E-state index contributed by atoms with van der Waals surface area (Å²) in [4.78, 5) is 10.7. The predicted molar refractivity (Wildman–Crippen MR) is 105 cm³/mol. The van der Waals surface area contributed by atoms with Gasteiger partial charge in [-0.1, -0.05) is 30.3 Å². The number of benzene rings is 2. The Balaban J connectivity index is 1.57. The molecule has 4 rings (SSSR count). The highest BCUT2D eigenvalue weighted by Gasteiger charge is 2.35. The van der Waals surface area contributed by atoms with Crippen LogP contribution in [0, 0.1) is 11.6 Å². The summed E-state index contributed by atoms with van der Waals surface area (Å²) < 4.78 is 28.0. The van der Waals surface area contributed by atoms with Gasteiger partial charge in [0.05, 0.1) is 24.5 Å². The zero-order valence-corrected chi connectivity index (χ0v) is 15.8. The molecule has 0 bridgehead atoms. The van der Waals surface area contributed by atoms with Gasteiger partial charge in [0.1, 0.15) is 22.5 Å². The average molecular weight is 399 g/mol. The molecule has 0 saturated carbocycles. The maximum absolute atomic E-state index is 14.3. The van der Waals surface area contributed by atoms with Crippen molar-refractivity contribution in [3.63, 3.8) is 0 Å². The van der Waals surface area contributed by atoms with Crippen molar-refractivity contribution in [3.8, 4) is 0 Å². The minimum Gasteiger partial charge on any atom is -0.391 e. The van der Waals surface area contributed by atoms with Gasteiger partial charge >= 0.3 is 0 Å². The maximum Gasteiger partial charge on any atom is 0.149 e. The van der Waals surface area contributed by atoms with E-state index < -0.39 is 23.8 Å². The first-order chi connectivity index (χ1) is 13.6. The van der Waals surface area contributed by atoms with Gasteiger partial charge in [0.2, 0.25) is 0 Å². The van der Waals surface area contributed by atoms with E-state index in [2.05, 4.69) is 9.97 Å². The van der Waals surface area contributed by atoms with Crippen molar-refractivity contribution in [3.05, 3.63) is 83.7 Å².